The highest BCUT2D eigenvalue weighted by atomic mass is 35.5. The molecule has 1 aromatic heterocycles. The Morgan fingerprint density at radius 3 is 2.63 bits per heavy atom. The summed E-state index contributed by atoms with van der Waals surface area (Å²) in [6.45, 7) is -1.50. The summed E-state index contributed by atoms with van der Waals surface area (Å²) in [5.41, 5.74) is 1.06. The van der Waals surface area contributed by atoms with E-state index < -0.39 is 18.3 Å². The summed E-state index contributed by atoms with van der Waals surface area (Å²) in [6, 6.07) is 3.05. The van der Waals surface area contributed by atoms with Crippen molar-refractivity contribution in [1.82, 2.24) is 9.78 Å². The number of hydrogen-bond donors (Lipinski definition) is 0. The molecule has 10 heteroatoms. The lowest BCUT2D eigenvalue weighted by Crippen LogP contribution is -2.07. The summed E-state index contributed by atoms with van der Waals surface area (Å²) in [6.07, 6.45) is 0. The second kappa shape index (κ2) is 8.68. The van der Waals surface area contributed by atoms with Gasteiger partial charge in [0.05, 0.1) is 12.1 Å². The molecule has 0 N–H and O–H groups in total. The van der Waals surface area contributed by atoms with Crippen LogP contribution < -0.4 is 4.74 Å². The molecule has 0 spiro atoms. The van der Waals surface area contributed by atoms with Crippen LogP contribution in [0.3, 0.4) is 0 Å². The normalized spacial score (nSPS) is 11.2. The first-order valence-corrected chi connectivity index (χ1v) is 7.81. The maximum Gasteiger partial charge on any atom is 0.388 e. The Morgan fingerprint density at radius 2 is 2.04 bits per heavy atom. The van der Waals surface area contributed by atoms with E-state index in [1.165, 1.54) is 27.3 Å². The number of benzene rings is 1. The Hall–Kier alpha value is -2.86. The van der Waals surface area contributed by atoms with Crippen molar-refractivity contribution in [2.45, 2.75) is 13.5 Å². The highest BCUT2D eigenvalue weighted by Gasteiger charge is 2.23. The molecule has 0 aliphatic carbocycles. The Bertz CT molecular complexity index is 933. The summed E-state index contributed by atoms with van der Waals surface area (Å²) >= 11 is 6.18. The van der Waals surface area contributed by atoms with E-state index in [1.54, 1.807) is 13.0 Å². The molecule has 1 heterocycles. The maximum absolute atomic E-state index is 14.6. The number of ether oxygens (including phenoxy) is 2. The molecule has 144 valence electrons. The quantitative estimate of drug-likeness (QED) is 0.339. The van der Waals surface area contributed by atoms with Crippen molar-refractivity contribution < 1.29 is 27.5 Å². The number of methoxy groups -OCH3 is 1. The van der Waals surface area contributed by atoms with Crippen molar-refractivity contribution in [3.63, 3.8) is 0 Å². The first-order valence-electron chi connectivity index (χ1n) is 7.43. The minimum atomic E-state index is -3.18. The van der Waals surface area contributed by atoms with Gasteiger partial charge in [0.25, 0.3) is 5.88 Å². The van der Waals surface area contributed by atoms with Crippen LogP contribution in [0.4, 0.5) is 13.2 Å². The van der Waals surface area contributed by atoms with Crippen LogP contribution in [0.5, 0.6) is 5.88 Å². The fourth-order valence-corrected chi connectivity index (χ4v) is 2.47. The molecular weight excluding hydrogens is 387 g/mol. The van der Waals surface area contributed by atoms with Gasteiger partial charge in [0, 0.05) is 24.1 Å². The van der Waals surface area contributed by atoms with E-state index in [1.807, 2.05) is 0 Å². The SMILES string of the molecule is CO/N=C(\C#Cc1cc(-c2nn(C)c(OC(F)F)c2F)c(C)cc1Cl)OC. The van der Waals surface area contributed by atoms with Gasteiger partial charge in [0.2, 0.25) is 5.82 Å². The van der Waals surface area contributed by atoms with E-state index in [2.05, 4.69) is 31.7 Å². The van der Waals surface area contributed by atoms with Gasteiger partial charge in [-0.1, -0.05) is 17.5 Å². The van der Waals surface area contributed by atoms with E-state index >= 15 is 0 Å². The summed E-state index contributed by atoms with van der Waals surface area (Å²) in [5, 5.41) is 7.79. The highest BCUT2D eigenvalue weighted by molar-refractivity contribution is 6.32. The molecule has 0 bridgehead atoms. The highest BCUT2D eigenvalue weighted by Crippen LogP contribution is 2.33. The minimum Gasteiger partial charge on any atom is -0.473 e. The molecule has 6 nitrogen and oxygen atoms in total. The molecule has 0 fully saturated rings. The average Bonchev–Trinajstić information content (AvgIpc) is 2.87. The van der Waals surface area contributed by atoms with Gasteiger partial charge in [0.1, 0.15) is 12.8 Å². The second-order valence-electron chi connectivity index (χ2n) is 5.15. The van der Waals surface area contributed by atoms with Gasteiger partial charge in [-0.05, 0) is 29.8 Å². The largest absolute Gasteiger partial charge is 0.473 e. The molecule has 2 aromatic rings. The molecule has 0 unspecified atom stereocenters. The van der Waals surface area contributed by atoms with Crippen LogP contribution in [0.1, 0.15) is 11.1 Å². The van der Waals surface area contributed by atoms with E-state index in [9.17, 15) is 13.2 Å². The van der Waals surface area contributed by atoms with Crippen LogP contribution in [0, 0.1) is 24.6 Å². The van der Waals surface area contributed by atoms with Crippen molar-refractivity contribution in [3.05, 3.63) is 34.1 Å². The van der Waals surface area contributed by atoms with Gasteiger partial charge in [0.15, 0.2) is 0 Å². The van der Waals surface area contributed by atoms with Gasteiger partial charge in [-0.25, -0.2) is 4.68 Å². The van der Waals surface area contributed by atoms with Crippen molar-refractivity contribution in [2.24, 2.45) is 12.2 Å². The van der Waals surface area contributed by atoms with Crippen LogP contribution in [0.25, 0.3) is 11.3 Å². The van der Waals surface area contributed by atoms with Gasteiger partial charge in [-0.2, -0.15) is 18.3 Å². The molecule has 0 atom stereocenters. The smallest absolute Gasteiger partial charge is 0.388 e. The summed E-state index contributed by atoms with van der Waals surface area (Å²) in [5.74, 6) is 3.66. The van der Waals surface area contributed by atoms with Crippen LogP contribution in [-0.4, -0.2) is 36.5 Å². The molecule has 2 rings (SSSR count). The number of aromatic nitrogens is 2. The van der Waals surface area contributed by atoms with Crippen LogP contribution in [0.2, 0.25) is 5.02 Å². The lowest BCUT2D eigenvalue weighted by Gasteiger charge is -2.06. The Morgan fingerprint density at radius 1 is 1.33 bits per heavy atom. The lowest BCUT2D eigenvalue weighted by molar-refractivity contribution is -0.0576. The van der Waals surface area contributed by atoms with E-state index in [4.69, 9.17) is 16.3 Å². The number of halogens is 4. The molecule has 27 heavy (non-hydrogen) atoms. The van der Waals surface area contributed by atoms with Crippen LogP contribution >= 0.6 is 11.6 Å². The number of oxime groups is 1. The average molecular weight is 402 g/mol. The first-order chi connectivity index (χ1) is 12.8. The molecule has 0 aliphatic rings. The lowest BCUT2D eigenvalue weighted by atomic mass is 10.0. The predicted octanol–water partition coefficient (Wildman–Crippen LogP) is 3.75. The number of aryl methyl sites for hydroxylation is 2. The number of hydrogen-bond acceptors (Lipinski definition) is 5. The van der Waals surface area contributed by atoms with Gasteiger partial charge in [-0.15, -0.1) is 0 Å². The third kappa shape index (κ3) is 4.65. The molecule has 0 aliphatic heterocycles. The fourth-order valence-electron chi connectivity index (χ4n) is 2.21. The zero-order chi connectivity index (χ0) is 20.1. The van der Waals surface area contributed by atoms with Crippen molar-refractivity contribution >= 4 is 17.5 Å². The Labute approximate surface area is 158 Å². The molecule has 0 saturated carbocycles. The maximum atomic E-state index is 14.6. The first kappa shape index (κ1) is 20.5. The fraction of sp³-hybridized carbons (Fsp3) is 0.294. The van der Waals surface area contributed by atoms with Crippen LogP contribution in [-0.2, 0) is 16.6 Å². The number of rotatable bonds is 4. The minimum absolute atomic E-state index is 0.00679. The zero-order valence-corrected chi connectivity index (χ0v) is 15.6. The topological polar surface area (TPSA) is 57.9 Å². The summed E-state index contributed by atoms with van der Waals surface area (Å²) in [4.78, 5) is 4.58. The monoisotopic (exact) mass is 401 g/mol. The number of nitrogens with zero attached hydrogens (tertiary/aromatic N) is 3. The van der Waals surface area contributed by atoms with Crippen molar-refractivity contribution in [1.29, 1.82) is 0 Å². The van der Waals surface area contributed by atoms with Gasteiger partial charge < -0.3 is 14.3 Å². The second-order valence-corrected chi connectivity index (χ2v) is 5.56. The Balaban J connectivity index is 2.54. The Kier molecular flexibility index (Phi) is 6.58. The standard InChI is InChI=1S/C17H15ClF3N3O3/c1-9-7-12(18)10(5-6-13(25-3)23-26-4)8-11(9)15-14(19)16(24(2)22-15)27-17(20)21/h7-8,17H,1-4H3/b23-13+. The summed E-state index contributed by atoms with van der Waals surface area (Å²) < 4.78 is 49.5. The zero-order valence-electron chi connectivity index (χ0n) is 14.8. The summed E-state index contributed by atoms with van der Waals surface area (Å²) in [7, 11) is 3.99. The van der Waals surface area contributed by atoms with Crippen molar-refractivity contribution in [2.75, 3.05) is 14.2 Å². The van der Waals surface area contributed by atoms with Crippen molar-refractivity contribution in [3.8, 4) is 29.0 Å². The molecule has 0 radical (unpaired) electrons. The third-order valence-corrected chi connectivity index (χ3v) is 3.69. The molecule has 1 aromatic carbocycles. The van der Waals surface area contributed by atoms with Crippen LogP contribution in [0.15, 0.2) is 17.3 Å². The third-order valence-electron chi connectivity index (χ3n) is 3.38. The molecular formula is C17H15ClF3N3O3. The van der Waals surface area contributed by atoms with E-state index in [-0.39, 0.29) is 11.6 Å². The molecule has 0 amide bonds. The van der Waals surface area contributed by atoms with E-state index in [0.717, 1.165) is 4.68 Å². The predicted molar refractivity (Wildman–Crippen MR) is 93.3 cm³/mol. The van der Waals surface area contributed by atoms with Gasteiger partial charge >= 0.3 is 12.5 Å². The number of alkyl halides is 2. The van der Waals surface area contributed by atoms with Gasteiger partial charge in [-0.3, -0.25) is 0 Å². The molecule has 0 saturated heterocycles. The van der Waals surface area contributed by atoms with E-state index in [0.29, 0.717) is 21.7 Å².